The minimum atomic E-state index is -4.92. The molecular formula is C17H15F3N2O2. The van der Waals surface area contributed by atoms with Gasteiger partial charge in [-0.05, 0) is 36.2 Å². The van der Waals surface area contributed by atoms with E-state index in [1.165, 1.54) is 6.07 Å². The molecule has 2 N–H and O–H groups in total. The molecule has 0 heterocycles. The third kappa shape index (κ3) is 4.58. The summed E-state index contributed by atoms with van der Waals surface area (Å²) in [5.41, 5.74) is 2.19. The number of amides is 2. The standard InChI is InChI=1S/C17H15F3N2O2/c1-11-5-2-3-8-14(11)15(23)22-13-7-4-6-12(9-13)10-21-16(24)17(18,19)20/h2-9H,10H2,1H3,(H,21,24)(H,22,23). The van der Waals surface area contributed by atoms with Crippen LogP contribution in [0.1, 0.15) is 21.5 Å². The molecule has 0 spiro atoms. The maximum Gasteiger partial charge on any atom is 0.471 e. The van der Waals surface area contributed by atoms with Crippen LogP contribution < -0.4 is 10.6 Å². The summed E-state index contributed by atoms with van der Waals surface area (Å²) in [6.45, 7) is 1.52. The van der Waals surface area contributed by atoms with Crippen LogP contribution in [-0.4, -0.2) is 18.0 Å². The number of carbonyl (C=O) groups is 2. The molecule has 0 bridgehead atoms. The number of halogens is 3. The Morgan fingerprint density at radius 1 is 1.04 bits per heavy atom. The van der Waals surface area contributed by atoms with Crippen molar-refractivity contribution in [2.45, 2.75) is 19.6 Å². The fourth-order valence-electron chi connectivity index (χ4n) is 2.07. The number of aryl methyl sites for hydroxylation is 1. The van der Waals surface area contributed by atoms with E-state index < -0.39 is 12.1 Å². The predicted molar refractivity (Wildman–Crippen MR) is 83.5 cm³/mol. The molecule has 0 aliphatic carbocycles. The Hall–Kier alpha value is -2.83. The highest BCUT2D eigenvalue weighted by Gasteiger charge is 2.38. The zero-order valence-corrected chi connectivity index (χ0v) is 12.8. The highest BCUT2D eigenvalue weighted by molar-refractivity contribution is 6.05. The van der Waals surface area contributed by atoms with E-state index in [4.69, 9.17) is 0 Å². The molecule has 0 saturated carbocycles. The van der Waals surface area contributed by atoms with Gasteiger partial charge in [0.05, 0.1) is 0 Å². The first-order valence-corrected chi connectivity index (χ1v) is 7.08. The Labute approximate surface area is 136 Å². The molecule has 0 atom stereocenters. The Morgan fingerprint density at radius 2 is 1.75 bits per heavy atom. The number of carbonyl (C=O) groups excluding carboxylic acids is 2. The number of hydrogen-bond donors (Lipinski definition) is 2. The van der Waals surface area contributed by atoms with Crippen molar-refractivity contribution in [1.29, 1.82) is 0 Å². The Balaban J connectivity index is 2.04. The van der Waals surface area contributed by atoms with Crippen LogP contribution in [0.3, 0.4) is 0 Å². The van der Waals surface area contributed by atoms with E-state index in [0.29, 0.717) is 16.8 Å². The van der Waals surface area contributed by atoms with Crippen LogP contribution in [0, 0.1) is 6.92 Å². The number of nitrogens with one attached hydrogen (secondary N) is 2. The Bertz CT molecular complexity index is 757. The molecule has 2 aromatic rings. The molecule has 0 aromatic heterocycles. The molecule has 0 unspecified atom stereocenters. The molecular weight excluding hydrogens is 321 g/mol. The third-order valence-electron chi connectivity index (χ3n) is 3.29. The van der Waals surface area contributed by atoms with E-state index in [1.807, 2.05) is 6.07 Å². The van der Waals surface area contributed by atoms with Gasteiger partial charge in [0, 0.05) is 17.8 Å². The molecule has 126 valence electrons. The lowest BCUT2D eigenvalue weighted by Gasteiger charge is -2.10. The lowest BCUT2D eigenvalue weighted by atomic mass is 10.1. The van der Waals surface area contributed by atoms with Gasteiger partial charge in [0.1, 0.15) is 0 Å². The molecule has 2 amide bonds. The van der Waals surface area contributed by atoms with Gasteiger partial charge in [0.2, 0.25) is 0 Å². The number of anilines is 1. The molecule has 2 rings (SSSR count). The van der Waals surface area contributed by atoms with Crippen LogP contribution in [0.5, 0.6) is 0 Å². The van der Waals surface area contributed by atoms with Gasteiger partial charge in [0.25, 0.3) is 5.91 Å². The summed E-state index contributed by atoms with van der Waals surface area (Å²) in [4.78, 5) is 23.0. The number of benzene rings is 2. The maximum atomic E-state index is 12.2. The van der Waals surface area contributed by atoms with Crippen molar-refractivity contribution >= 4 is 17.5 Å². The summed E-state index contributed by atoms with van der Waals surface area (Å²) >= 11 is 0. The van der Waals surface area contributed by atoms with Crippen molar-refractivity contribution in [1.82, 2.24) is 5.32 Å². The van der Waals surface area contributed by atoms with Crippen LogP contribution in [0.25, 0.3) is 0 Å². The largest absolute Gasteiger partial charge is 0.471 e. The highest BCUT2D eigenvalue weighted by atomic mass is 19.4. The van der Waals surface area contributed by atoms with E-state index in [0.717, 1.165) is 5.56 Å². The van der Waals surface area contributed by atoms with E-state index >= 15 is 0 Å². The van der Waals surface area contributed by atoms with Gasteiger partial charge in [-0.15, -0.1) is 0 Å². The van der Waals surface area contributed by atoms with Gasteiger partial charge < -0.3 is 10.6 Å². The topological polar surface area (TPSA) is 58.2 Å². The van der Waals surface area contributed by atoms with Gasteiger partial charge in [-0.2, -0.15) is 13.2 Å². The van der Waals surface area contributed by atoms with Crippen molar-refractivity contribution in [3.8, 4) is 0 Å². The molecule has 0 fully saturated rings. The van der Waals surface area contributed by atoms with E-state index in [-0.39, 0.29) is 12.5 Å². The van der Waals surface area contributed by atoms with Crippen molar-refractivity contribution in [2.24, 2.45) is 0 Å². The zero-order chi connectivity index (χ0) is 17.7. The molecule has 0 radical (unpaired) electrons. The van der Waals surface area contributed by atoms with Gasteiger partial charge in [0.15, 0.2) is 0 Å². The molecule has 2 aromatic carbocycles. The van der Waals surface area contributed by atoms with Gasteiger partial charge in [-0.25, -0.2) is 0 Å². The van der Waals surface area contributed by atoms with Gasteiger partial charge in [-0.3, -0.25) is 9.59 Å². The predicted octanol–water partition coefficient (Wildman–Crippen LogP) is 3.43. The molecule has 24 heavy (non-hydrogen) atoms. The lowest BCUT2D eigenvalue weighted by Crippen LogP contribution is -2.36. The summed E-state index contributed by atoms with van der Waals surface area (Å²) in [6, 6.07) is 13.3. The number of hydrogen-bond acceptors (Lipinski definition) is 2. The highest BCUT2D eigenvalue weighted by Crippen LogP contribution is 2.16. The van der Waals surface area contributed by atoms with E-state index in [2.05, 4.69) is 5.32 Å². The Kier molecular flexibility index (Phi) is 5.23. The normalized spacial score (nSPS) is 11.0. The Morgan fingerprint density at radius 3 is 2.42 bits per heavy atom. The summed E-state index contributed by atoms with van der Waals surface area (Å²) in [7, 11) is 0. The summed E-state index contributed by atoms with van der Waals surface area (Å²) < 4.78 is 36.5. The fraction of sp³-hybridized carbons (Fsp3) is 0.176. The quantitative estimate of drug-likeness (QED) is 0.899. The van der Waals surface area contributed by atoms with Gasteiger partial charge in [-0.1, -0.05) is 30.3 Å². The van der Waals surface area contributed by atoms with Crippen molar-refractivity contribution in [2.75, 3.05) is 5.32 Å². The van der Waals surface area contributed by atoms with E-state index in [1.54, 1.807) is 48.6 Å². The lowest BCUT2D eigenvalue weighted by molar-refractivity contribution is -0.173. The molecule has 0 aliphatic rings. The minimum absolute atomic E-state index is 0.285. The van der Waals surface area contributed by atoms with Crippen molar-refractivity contribution in [3.05, 3.63) is 65.2 Å². The monoisotopic (exact) mass is 336 g/mol. The molecule has 0 aliphatic heterocycles. The average molecular weight is 336 g/mol. The van der Waals surface area contributed by atoms with Crippen LogP contribution >= 0.6 is 0 Å². The van der Waals surface area contributed by atoms with Crippen molar-refractivity contribution in [3.63, 3.8) is 0 Å². The van der Waals surface area contributed by atoms with Crippen LogP contribution in [0.2, 0.25) is 0 Å². The zero-order valence-electron chi connectivity index (χ0n) is 12.8. The fourth-order valence-corrected chi connectivity index (χ4v) is 2.07. The first-order valence-electron chi connectivity index (χ1n) is 7.08. The van der Waals surface area contributed by atoms with Crippen LogP contribution in [0.15, 0.2) is 48.5 Å². The third-order valence-corrected chi connectivity index (χ3v) is 3.29. The number of rotatable bonds is 4. The van der Waals surface area contributed by atoms with Crippen LogP contribution in [0.4, 0.5) is 18.9 Å². The molecule has 7 heteroatoms. The summed E-state index contributed by atoms with van der Waals surface area (Å²) in [6.07, 6.45) is -4.92. The molecule has 4 nitrogen and oxygen atoms in total. The SMILES string of the molecule is Cc1ccccc1C(=O)Nc1cccc(CNC(=O)C(F)(F)F)c1. The second-order valence-corrected chi connectivity index (χ2v) is 5.15. The summed E-state index contributed by atoms with van der Waals surface area (Å²) in [5.74, 6) is -2.32. The minimum Gasteiger partial charge on any atom is -0.344 e. The summed E-state index contributed by atoms with van der Waals surface area (Å²) in [5, 5.41) is 4.47. The van der Waals surface area contributed by atoms with Crippen molar-refractivity contribution < 1.29 is 22.8 Å². The smallest absolute Gasteiger partial charge is 0.344 e. The average Bonchev–Trinajstić information content (AvgIpc) is 2.52. The van der Waals surface area contributed by atoms with Crippen LogP contribution in [-0.2, 0) is 11.3 Å². The van der Waals surface area contributed by atoms with E-state index in [9.17, 15) is 22.8 Å². The first kappa shape index (κ1) is 17.5. The number of alkyl halides is 3. The first-order chi connectivity index (χ1) is 11.3. The second kappa shape index (κ2) is 7.16. The second-order valence-electron chi connectivity index (χ2n) is 5.15. The van der Waals surface area contributed by atoms with Gasteiger partial charge >= 0.3 is 12.1 Å². The molecule has 0 saturated heterocycles. The maximum absolute atomic E-state index is 12.2.